The number of amides is 2. The molecule has 6 nitrogen and oxygen atoms in total. The number of carbonyl (C=O) groups is 2. The summed E-state index contributed by atoms with van der Waals surface area (Å²) < 4.78 is 3.65. The summed E-state index contributed by atoms with van der Waals surface area (Å²) in [5.74, 6) is 0.380. The van der Waals surface area contributed by atoms with Gasteiger partial charge in [0.2, 0.25) is 5.91 Å². The molecule has 1 fully saturated rings. The average Bonchev–Trinajstić information content (AvgIpc) is 2.58. The number of nitrogen functional groups attached to an aromatic ring is 1. The summed E-state index contributed by atoms with van der Waals surface area (Å²) in [5, 5.41) is 3.98. The van der Waals surface area contributed by atoms with E-state index in [1.54, 1.807) is 0 Å². The number of rotatable bonds is 2. The van der Waals surface area contributed by atoms with Crippen molar-refractivity contribution < 1.29 is 9.59 Å². The summed E-state index contributed by atoms with van der Waals surface area (Å²) in [6, 6.07) is 0. The van der Waals surface area contributed by atoms with Gasteiger partial charge in [0.15, 0.2) is 0 Å². The normalized spacial score (nSPS) is 17.2. The molecule has 1 aliphatic heterocycles. The second-order valence-corrected chi connectivity index (χ2v) is 4.76. The van der Waals surface area contributed by atoms with Crippen LogP contribution >= 0.6 is 23.3 Å². The minimum atomic E-state index is -0.237. The smallest absolute Gasteiger partial charge is 0.288 e. The van der Waals surface area contributed by atoms with Gasteiger partial charge in [-0.15, -0.1) is 5.10 Å². The zero-order chi connectivity index (χ0) is 10.8. The van der Waals surface area contributed by atoms with Gasteiger partial charge in [-0.1, -0.05) is 16.3 Å². The van der Waals surface area contributed by atoms with E-state index in [0.29, 0.717) is 22.9 Å². The Balaban J connectivity index is 2.13. The number of nitrogens with zero attached hydrogens (tertiary/aromatic N) is 3. The molecule has 0 spiro atoms. The summed E-state index contributed by atoms with van der Waals surface area (Å²) in [5.41, 5.74) is 6.08. The molecular formula is C7H8N4O2S2. The molecule has 2 N–H and O–H groups in total. The standard InChI is InChI=1S/C7H8N4O2S2/c8-6-4(9-10-15-6)3-11-5(12)1-2-14-7(11)13/h1-3,8H2. The molecule has 2 heterocycles. The first-order chi connectivity index (χ1) is 7.18. The number of nitrogens with two attached hydrogens (primary N) is 1. The van der Waals surface area contributed by atoms with Crippen molar-refractivity contribution in [1.29, 1.82) is 0 Å². The summed E-state index contributed by atoms with van der Waals surface area (Å²) in [7, 11) is 0. The summed E-state index contributed by atoms with van der Waals surface area (Å²) in [4.78, 5) is 24.0. The topological polar surface area (TPSA) is 89.2 Å². The first-order valence-corrected chi connectivity index (χ1v) is 5.98. The SMILES string of the molecule is Nc1snnc1CN1C(=O)CCSC1=O. The Kier molecular flexibility index (Phi) is 2.87. The molecule has 0 radical (unpaired) electrons. The van der Waals surface area contributed by atoms with Crippen LogP contribution in [0.5, 0.6) is 0 Å². The van der Waals surface area contributed by atoms with Crippen molar-refractivity contribution in [3.05, 3.63) is 5.69 Å². The fourth-order valence-electron chi connectivity index (χ4n) is 1.17. The molecule has 1 saturated heterocycles. The van der Waals surface area contributed by atoms with Crippen LogP contribution in [0.4, 0.5) is 9.80 Å². The van der Waals surface area contributed by atoms with Crippen LogP contribution in [-0.2, 0) is 11.3 Å². The molecule has 1 aliphatic rings. The van der Waals surface area contributed by atoms with Crippen LogP contribution < -0.4 is 5.73 Å². The zero-order valence-corrected chi connectivity index (χ0v) is 9.31. The molecule has 0 unspecified atom stereocenters. The largest absolute Gasteiger partial charge is 0.388 e. The summed E-state index contributed by atoms with van der Waals surface area (Å²) >= 11 is 2.19. The molecule has 0 bridgehead atoms. The molecule has 0 aliphatic carbocycles. The van der Waals surface area contributed by atoms with Crippen molar-refractivity contribution in [2.75, 3.05) is 11.5 Å². The fraction of sp³-hybridized carbons (Fsp3) is 0.429. The summed E-state index contributed by atoms with van der Waals surface area (Å²) in [6.07, 6.45) is 0.383. The summed E-state index contributed by atoms with van der Waals surface area (Å²) in [6.45, 7) is 0.132. The van der Waals surface area contributed by atoms with Crippen LogP contribution in [0.25, 0.3) is 0 Å². The third kappa shape index (κ3) is 2.10. The lowest BCUT2D eigenvalue weighted by molar-refractivity contribution is -0.128. The highest BCUT2D eigenvalue weighted by Gasteiger charge is 2.27. The van der Waals surface area contributed by atoms with E-state index in [9.17, 15) is 9.59 Å². The van der Waals surface area contributed by atoms with Gasteiger partial charge in [0.25, 0.3) is 5.24 Å². The van der Waals surface area contributed by atoms with Gasteiger partial charge in [0.05, 0.1) is 6.54 Å². The molecule has 2 rings (SSSR count). The lowest BCUT2D eigenvalue weighted by Gasteiger charge is -2.23. The Morgan fingerprint density at radius 3 is 2.87 bits per heavy atom. The van der Waals surface area contributed by atoms with Crippen molar-refractivity contribution in [1.82, 2.24) is 14.5 Å². The number of carbonyl (C=O) groups excluding carboxylic acids is 2. The highest BCUT2D eigenvalue weighted by Crippen LogP contribution is 2.22. The second kappa shape index (κ2) is 4.15. The Hall–Kier alpha value is -1.15. The molecule has 1 aromatic heterocycles. The Bertz CT molecular complexity index is 389. The van der Waals surface area contributed by atoms with E-state index >= 15 is 0 Å². The van der Waals surface area contributed by atoms with Gasteiger partial charge in [-0.2, -0.15) is 0 Å². The van der Waals surface area contributed by atoms with Crippen molar-refractivity contribution in [3.63, 3.8) is 0 Å². The van der Waals surface area contributed by atoms with Crippen LogP contribution in [0.2, 0.25) is 0 Å². The molecule has 0 atom stereocenters. The predicted molar refractivity (Wildman–Crippen MR) is 57.3 cm³/mol. The van der Waals surface area contributed by atoms with Crippen LogP contribution in [-0.4, -0.2) is 31.4 Å². The van der Waals surface area contributed by atoms with Gasteiger partial charge in [-0.25, -0.2) is 0 Å². The number of aromatic nitrogens is 2. The fourth-order valence-corrected chi connectivity index (χ4v) is 2.38. The average molecular weight is 244 g/mol. The monoisotopic (exact) mass is 244 g/mol. The van der Waals surface area contributed by atoms with Crippen LogP contribution in [0, 0.1) is 0 Å². The van der Waals surface area contributed by atoms with Gasteiger partial charge >= 0.3 is 0 Å². The van der Waals surface area contributed by atoms with E-state index in [1.807, 2.05) is 0 Å². The van der Waals surface area contributed by atoms with E-state index in [-0.39, 0.29) is 17.7 Å². The van der Waals surface area contributed by atoms with E-state index in [4.69, 9.17) is 5.73 Å². The minimum absolute atomic E-state index is 0.132. The Labute approximate surface area is 94.0 Å². The number of imide groups is 1. The van der Waals surface area contributed by atoms with Gasteiger partial charge in [-0.05, 0) is 0 Å². The molecule has 0 aromatic carbocycles. The Morgan fingerprint density at radius 1 is 1.47 bits per heavy atom. The number of hydrogen-bond acceptors (Lipinski definition) is 7. The van der Waals surface area contributed by atoms with Crippen LogP contribution in [0.3, 0.4) is 0 Å². The van der Waals surface area contributed by atoms with E-state index in [2.05, 4.69) is 9.59 Å². The van der Waals surface area contributed by atoms with Crippen molar-refractivity contribution in [3.8, 4) is 0 Å². The molecular weight excluding hydrogens is 236 g/mol. The first kappa shape index (κ1) is 10.4. The number of hydrogen-bond donors (Lipinski definition) is 1. The highest BCUT2D eigenvalue weighted by molar-refractivity contribution is 8.13. The van der Waals surface area contributed by atoms with Crippen molar-refractivity contribution >= 4 is 39.4 Å². The minimum Gasteiger partial charge on any atom is -0.388 e. The van der Waals surface area contributed by atoms with Crippen LogP contribution in [0.1, 0.15) is 12.1 Å². The molecule has 1 aromatic rings. The maximum atomic E-state index is 11.4. The predicted octanol–water partition coefficient (Wildman–Crippen LogP) is 0.706. The maximum Gasteiger partial charge on any atom is 0.288 e. The third-order valence-electron chi connectivity index (χ3n) is 1.96. The van der Waals surface area contributed by atoms with E-state index in [1.165, 1.54) is 4.90 Å². The van der Waals surface area contributed by atoms with Gasteiger partial charge in [0, 0.05) is 23.7 Å². The van der Waals surface area contributed by atoms with Gasteiger partial charge < -0.3 is 5.73 Å². The Morgan fingerprint density at radius 2 is 2.27 bits per heavy atom. The molecule has 80 valence electrons. The highest BCUT2D eigenvalue weighted by atomic mass is 32.2. The first-order valence-electron chi connectivity index (χ1n) is 4.22. The zero-order valence-electron chi connectivity index (χ0n) is 7.67. The third-order valence-corrected chi connectivity index (χ3v) is 3.43. The molecule has 0 saturated carbocycles. The van der Waals surface area contributed by atoms with Crippen LogP contribution in [0.15, 0.2) is 0 Å². The lowest BCUT2D eigenvalue weighted by atomic mass is 10.3. The van der Waals surface area contributed by atoms with Crippen molar-refractivity contribution in [2.24, 2.45) is 0 Å². The maximum absolute atomic E-state index is 11.4. The van der Waals surface area contributed by atoms with E-state index < -0.39 is 0 Å². The van der Waals surface area contributed by atoms with Crippen molar-refractivity contribution in [2.45, 2.75) is 13.0 Å². The quantitative estimate of drug-likeness (QED) is 0.824. The lowest BCUT2D eigenvalue weighted by Crippen LogP contribution is -2.37. The van der Waals surface area contributed by atoms with Gasteiger partial charge in [0.1, 0.15) is 10.7 Å². The number of anilines is 1. The number of thioether (sulfide) groups is 1. The van der Waals surface area contributed by atoms with Gasteiger partial charge in [-0.3, -0.25) is 14.5 Å². The molecule has 8 heteroatoms. The second-order valence-electron chi connectivity index (χ2n) is 2.93. The van der Waals surface area contributed by atoms with E-state index in [0.717, 1.165) is 23.3 Å². The molecule has 2 amide bonds. The molecule has 15 heavy (non-hydrogen) atoms.